The smallest absolute Gasteiger partial charge is 0.0412 e. The van der Waals surface area contributed by atoms with Crippen molar-refractivity contribution in [2.75, 3.05) is 11.9 Å². The molecule has 1 rings (SSSR count). The molecule has 1 aromatic carbocycles. The first-order valence-corrected chi connectivity index (χ1v) is 4.00. The van der Waals surface area contributed by atoms with Crippen LogP contribution in [0.2, 0.25) is 0 Å². The summed E-state index contributed by atoms with van der Waals surface area (Å²) >= 11 is 0. The highest BCUT2D eigenvalue weighted by Crippen LogP contribution is 2.05. The van der Waals surface area contributed by atoms with Gasteiger partial charge in [0, 0.05) is 12.2 Å². The number of nitrogens with one attached hydrogen (secondary N) is 1. The molecule has 0 aliphatic carbocycles. The largest absolute Gasteiger partial charge is 0.385 e. The number of benzene rings is 1. The molecule has 0 heterocycles. The Morgan fingerprint density at radius 2 is 2.10 bits per heavy atom. The molecule has 0 aliphatic heterocycles. The van der Waals surface area contributed by atoms with E-state index in [9.17, 15) is 0 Å². The van der Waals surface area contributed by atoms with Gasteiger partial charge >= 0.3 is 0 Å². The molecule has 0 radical (unpaired) electrons. The highest BCUT2D eigenvalue weighted by molar-refractivity contribution is 7.28. The van der Waals surface area contributed by atoms with Crippen LogP contribution in [0.5, 0.6) is 0 Å². The van der Waals surface area contributed by atoms with Gasteiger partial charge in [-0.25, -0.2) is 0 Å². The fourth-order valence-corrected chi connectivity index (χ4v) is 1.16. The predicted octanol–water partition coefficient (Wildman–Crippen LogP) is 1.62. The monoisotopic (exact) mass is 153 g/mol. The molecule has 54 valence electrons. The normalized spacial score (nSPS) is 9.40. The van der Waals surface area contributed by atoms with Gasteiger partial charge in [0.15, 0.2) is 0 Å². The van der Waals surface area contributed by atoms with Crippen LogP contribution >= 0.6 is 9.24 Å². The zero-order valence-corrected chi connectivity index (χ0v) is 7.25. The molecule has 0 aromatic heterocycles. The Labute approximate surface area is 64.0 Å². The summed E-state index contributed by atoms with van der Waals surface area (Å²) in [6.07, 6.45) is 0. The third-order valence-corrected chi connectivity index (χ3v) is 1.83. The first kappa shape index (κ1) is 7.56. The SMILES string of the molecule is CCNc1ccccc1P. The van der Waals surface area contributed by atoms with E-state index >= 15 is 0 Å². The number of para-hydroxylation sites is 1. The number of hydrogen-bond donors (Lipinski definition) is 1. The van der Waals surface area contributed by atoms with Crippen molar-refractivity contribution in [1.29, 1.82) is 0 Å². The Kier molecular flexibility index (Phi) is 2.70. The lowest BCUT2D eigenvalue weighted by atomic mass is 10.3. The Morgan fingerprint density at radius 1 is 1.40 bits per heavy atom. The molecule has 0 aliphatic rings. The Hall–Kier alpha value is -0.550. The van der Waals surface area contributed by atoms with Crippen LogP contribution in [0.25, 0.3) is 0 Å². The number of hydrogen-bond acceptors (Lipinski definition) is 1. The summed E-state index contributed by atoms with van der Waals surface area (Å²) in [6, 6.07) is 8.21. The lowest BCUT2D eigenvalue weighted by Crippen LogP contribution is -2.04. The van der Waals surface area contributed by atoms with Crippen LogP contribution in [0.15, 0.2) is 24.3 Å². The van der Waals surface area contributed by atoms with E-state index in [1.54, 1.807) is 0 Å². The second-order valence-electron chi connectivity index (χ2n) is 2.12. The summed E-state index contributed by atoms with van der Waals surface area (Å²) in [6.45, 7) is 3.07. The molecule has 1 nitrogen and oxygen atoms in total. The van der Waals surface area contributed by atoms with Crippen molar-refractivity contribution in [3.05, 3.63) is 24.3 Å². The highest BCUT2D eigenvalue weighted by Gasteiger charge is 1.90. The maximum atomic E-state index is 3.25. The fourth-order valence-electron chi connectivity index (χ4n) is 0.848. The van der Waals surface area contributed by atoms with Crippen molar-refractivity contribution < 1.29 is 0 Å². The lowest BCUT2D eigenvalue weighted by molar-refractivity contribution is 1.22. The maximum Gasteiger partial charge on any atom is 0.0412 e. The Bertz CT molecular complexity index is 210. The molecular weight excluding hydrogens is 141 g/mol. The summed E-state index contributed by atoms with van der Waals surface area (Å²) in [4.78, 5) is 0. The van der Waals surface area contributed by atoms with Gasteiger partial charge in [0.05, 0.1) is 0 Å². The molecule has 0 bridgehead atoms. The molecule has 1 unspecified atom stereocenters. The maximum absolute atomic E-state index is 3.25. The van der Waals surface area contributed by atoms with E-state index in [0.29, 0.717) is 0 Å². The van der Waals surface area contributed by atoms with Gasteiger partial charge in [0.1, 0.15) is 0 Å². The highest BCUT2D eigenvalue weighted by atomic mass is 31.0. The van der Waals surface area contributed by atoms with E-state index in [4.69, 9.17) is 0 Å². The quantitative estimate of drug-likeness (QED) is 0.636. The summed E-state index contributed by atoms with van der Waals surface area (Å²) < 4.78 is 0. The first-order chi connectivity index (χ1) is 4.84. The van der Waals surface area contributed by atoms with Crippen molar-refractivity contribution in [3.63, 3.8) is 0 Å². The van der Waals surface area contributed by atoms with Crippen LogP contribution < -0.4 is 10.6 Å². The van der Waals surface area contributed by atoms with Gasteiger partial charge in [0.25, 0.3) is 0 Å². The average Bonchev–Trinajstić information content (AvgIpc) is 1.94. The predicted molar refractivity (Wildman–Crippen MR) is 49.9 cm³/mol. The minimum Gasteiger partial charge on any atom is -0.385 e. The number of rotatable bonds is 2. The van der Waals surface area contributed by atoms with Gasteiger partial charge in [-0.15, -0.1) is 9.24 Å². The molecule has 0 saturated carbocycles. The molecule has 0 saturated heterocycles. The van der Waals surface area contributed by atoms with Gasteiger partial charge in [-0.3, -0.25) is 0 Å². The van der Waals surface area contributed by atoms with Crippen LogP contribution in [0.1, 0.15) is 6.92 Å². The molecule has 0 amide bonds. The molecule has 1 N–H and O–H groups in total. The minimum atomic E-state index is 0.978. The first-order valence-electron chi connectivity index (χ1n) is 3.43. The molecule has 1 aromatic rings. The third kappa shape index (κ3) is 1.71. The zero-order chi connectivity index (χ0) is 7.40. The van der Waals surface area contributed by atoms with Crippen molar-refractivity contribution in [2.45, 2.75) is 6.92 Å². The van der Waals surface area contributed by atoms with Gasteiger partial charge in [0.2, 0.25) is 0 Å². The van der Waals surface area contributed by atoms with Gasteiger partial charge < -0.3 is 5.32 Å². The van der Waals surface area contributed by atoms with Gasteiger partial charge in [-0.05, 0) is 18.3 Å². The van der Waals surface area contributed by atoms with E-state index in [2.05, 4.69) is 33.6 Å². The molecular formula is C8H12NP. The van der Waals surface area contributed by atoms with Crippen LogP contribution in [-0.4, -0.2) is 6.54 Å². The summed E-state index contributed by atoms with van der Waals surface area (Å²) in [7, 11) is 2.70. The van der Waals surface area contributed by atoms with E-state index in [-0.39, 0.29) is 0 Å². The van der Waals surface area contributed by atoms with Crippen LogP contribution in [0.4, 0.5) is 5.69 Å². The van der Waals surface area contributed by atoms with Crippen molar-refractivity contribution in [2.24, 2.45) is 0 Å². The van der Waals surface area contributed by atoms with Crippen LogP contribution in [-0.2, 0) is 0 Å². The van der Waals surface area contributed by atoms with Crippen LogP contribution in [0, 0.1) is 0 Å². The zero-order valence-electron chi connectivity index (χ0n) is 6.09. The molecule has 2 heteroatoms. The van der Waals surface area contributed by atoms with E-state index in [1.807, 2.05) is 12.1 Å². The third-order valence-electron chi connectivity index (χ3n) is 1.33. The van der Waals surface area contributed by atoms with Crippen molar-refractivity contribution >= 4 is 20.2 Å². The van der Waals surface area contributed by atoms with Crippen molar-refractivity contribution in [1.82, 2.24) is 0 Å². The molecule has 1 atom stereocenters. The Balaban J connectivity index is 2.81. The summed E-state index contributed by atoms with van der Waals surface area (Å²) in [5.74, 6) is 0. The topological polar surface area (TPSA) is 12.0 Å². The molecule has 0 fully saturated rings. The number of anilines is 1. The van der Waals surface area contributed by atoms with E-state index in [0.717, 1.165) is 6.54 Å². The summed E-state index contributed by atoms with van der Waals surface area (Å²) in [5, 5.41) is 4.48. The second kappa shape index (κ2) is 3.58. The Morgan fingerprint density at radius 3 is 2.70 bits per heavy atom. The lowest BCUT2D eigenvalue weighted by Gasteiger charge is -2.04. The van der Waals surface area contributed by atoms with Gasteiger partial charge in [-0.1, -0.05) is 18.2 Å². The second-order valence-corrected chi connectivity index (χ2v) is 2.74. The van der Waals surface area contributed by atoms with Gasteiger partial charge in [-0.2, -0.15) is 0 Å². The molecule has 0 spiro atoms. The molecule has 10 heavy (non-hydrogen) atoms. The standard InChI is InChI=1S/C8H12NP/c1-2-9-7-5-3-4-6-8(7)10/h3-6,9H,2,10H2,1H3. The average molecular weight is 153 g/mol. The summed E-state index contributed by atoms with van der Waals surface area (Å²) in [5.41, 5.74) is 1.20. The minimum absolute atomic E-state index is 0.978. The van der Waals surface area contributed by atoms with Crippen molar-refractivity contribution in [3.8, 4) is 0 Å². The fraction of sp³-hybridized carbons (Fsp3) is 0.250. The van der Waals surface area contributed by atoms with Crippen LogP contribution in [0.3, 0.4) is 0 Å². The van der Waals surface area contributed by atoms with E-state index in [1.165, 1.54) is 11.0 Å². The van der Waals surface area contributed by atoms with E-state index < -0.39 is 0 Å².